The number of amides is 1. The van der Waals surface area contributed by atoms with Crippen molar-refractivity contribution in [2.45, 2.75) is 19.4 Å². The van der Waals surface area contributed by atoms with E-state index in [1.807, 2.05) is 6.92 Å². The average molecular weight is 407 g/mol. The molecule has 0 fully saturated rings. The molecule has 1 aromatic carbocycles. The minimum Gasteiger partial charge on any atom is -0.495 e. The molecule has 7 nitrogen and oxygen atoms in total. The summed E-state index contributed by atoms with van der Waals surface area (Å²) < 4.78 is 6.06. The van der Waals surface area contributed by atoms with Crippen LogP contribution in [-0.2, 0) is 0 Å². The summed E-state index contributed by atoms with van der Waals surface area (Å²) >= 11 is 7.40. The Labute approximate surface area is 165 Å². The van der Waals surface area contributed by atoms with Gasteiger partial charge in [0.25, 0.3) is 5.91 Å². The monoisotopic (exact) mass is 406 g/mol. The van der Waals surface area contributed by atoms with Crippen molar-refractivity contribution in [1.82, 2.24) is 9.97 Å². The summed E-state index contributed by atoms with van der Waals surface area (Å²) in [6, 6.07) is 4.86. The zero-order valence-corrected chi connectivity index (χ0v) is 16.4. The van der Waals surface area contributed by atoms with Crippen LogP contribution in [0.1, 0.15) is 23.7 Å². The predicted octanol–water partition coefficient (Wildman–Crippen LogP) is 3.79. The van der Waals surface area contributed by atoms with E-state index < -0.39 is 0 Å². The third-order valence-electron chi connectivity index (χ3n) is 4.01. The lowest BCUT2D eigenvalue weighted by Crippen LogP contribution is -2.23. The maximum absolute atomic E-state index is 12.8. The number of carbonyl (C=O) groups excluding carboxylic acids is 1. The molecule has 1 amide bonds. The van der Waals surface area contributed by atoms with Crippen molar-refractivity contribution in [3.63, 3.8) is 0 Å². The van der Waals surface area contributed by atoms with Crippen molar-refractivity contribution < 1.29 is 14.6 Å². The molecule has 0 bridgehead atoms. The number of nitrogens with one attached hydrogen (secondary N) is 2. The molecule has 1 unspecified atom stereocenters. The van der Waals surface area contributed by atoms with Gasteiger partial charge in [-0.1, -0.05) is 18.5 Å². The van der Waals surface area contributed by atoms with Gasteiger partial charge in [-0.2, -0.15) is 0 Å². The third-order valence-corrected chi connectivity index (χ3v) is 5.16. The van der Waals surface area contributed by atoms with Crippen molar-refractivity contribution >= 4 is 50.7 Å². The summed E-state index contributed by atoms with van der Waals surface area (Å²) in [5, 5.41) is 17.4. The Kier molecular flexibility index (Phi) is 6.10. The Morgan fingerprint density at radius 3 is 2.96 bits per heavy atom. The molecule has 2 aromatic heterocycles. The number of halogens is 1. The molecule has 0 aliphatic carbocycles. The Morgan fingerprint density at radius 1 is 1.44 bits per heavy atom. The lowest BCUT2D eigenvalue weighted by molar-refractivity contribution is 0.102. The standard InChI is InChI=1S/C18H19ClN4O3S/c1-3-11(8-24)21-18-20-7-15-16(23-18)12(9-27-15)17(25)22-13-6-10(19)4-5-14(13)26-2/h4-7,9,11,24H,3,8H2,1-2H3,(H,22,25)(H,20,21,23). The predicted molar refractivity (Wildman–Crippen MR) is 108 cm³/mol. The highest BCUT2D eigenvalue weighted by molar-refractivity contribution is 7.17. The quantitative estimate of drug-likeness (QED) is 0.552. The largest absolute Gasteiger partial charge is 0.495 e. The van der Waals surface area contributed by atoms with Crippen LogP contribution in [0.3, 0.4) is 0 Å². The van der Waals surface area contributed by atoms with Crippen LogP contribution in [0.15, 0.2) is 29.8 Å². The van der Waals surface area contributed by atoms with Crippen LogP contribution >= 0.6 is 22.9 Å². The number of benzene rings is 1. The maximum Gasteiger partial charge on any atom is 0.258 e. The van der Waals surface area contributed by atoms with E-state index in [1.165, 1.54) is 18.4 Å². The SMILES string of the molecule is CCC(CO)Nc1ncc2scc(C(=O)Nc3cc(Cl)ccc3OC)c2n1. The van der Waals surface area contributed by atoms with Crippen LogP contribution in [0.5, 0.6) is 5.75 Å². The average Bonchev–Trinajstić information content (AvgIpc) is 3.09. The second-order valence-corrected chi connectivity index (χ2v) is 7.13. The fraction of sp³-hybridized carbons (Fsp3) is 0.278. The molecular formula is C18H19ClN4O3S. The Morgan fingerprint density at radius 2 is 2.26 bits per heavy atom. The number of aliphatic hydroxyl groups is 1. The van der Waals surface area contributed by atoms with Gasteiger partial charge >= 0.3 is 0 Å². The van der Waals surface area contributed by atoms with E-state index in [1.54, 1.807) is 29.8 Å². The summed E-state index contributed by atoms with van der Waals surface area (Å²) in [7, 11) is 1.52. The summed E-state index contributed by atoms with van der Waals surface area (Å²) in [5.41, 5.74) is 1.45. The molecule has 0 saturated heterocycles. The Balaban J connectivity index is 1.90. The number of carbonyl (C=O) groups is 1. The molecule has 3 N–H and O–H groups in total. The van der Waals surface area contributed by atoms with Gasteiger partial charge < -0.3 is 20.5 Å². The minimum atomic E-state index is -0.319. The number of aromatic nitrogens is 2. The van der Waals surface area contributed by atoms with Crippen LogP contribution in [0, 0.1) is 0 Å². The topological polar surface area (TPSA) is 96.4 Å². The normalized spacial score (nSPS) is 12.0. The molecule has 0 radical (unpaired) electrons. The van der Waals surface area contributed by atoms with Gasteiger partial charge in [0.15, 0.2) is 0 Å². The molecule has 142 valence electrons. The highest BCUT2D eigenvalue weighted by Crippen LogP contribution is 2.30. The first kappa shape index (κ1) is 19.3. The molecular weight excluding hydrogens is 388 g/mol. The first-order valence-electron chi connectivity index (χ1n) is 8.32. The van der Waals surface area contributed by atoms with E-state index in [0.717, 1.165) is 11.1 Å². The van der Waals surface area contributed by atoms with Crippen LogP contribution in [0.4, 0.5) is 11.6 Å². The molecule has 0 saturated carbocycles. The number of aliphatic hydroxyl groups excluding tert-OH is 1. The molecule has 1 atom stereocenters. The van der Waals surface area contributed by atoms with E-state index in [2.05, 4.69) is 20.6 Å². The second-order valence-electron chi connectivity index (χ2n) is 5.79. The molecule has 0 spiro atoms. The number of ether oxygens (including phenoxy) is 1. The van der Waals surface area contributed by atoms with Gasteiger partial charge in [0, 0.05) is 10.4 Å². The maximum atomic E-state index is 12.8. The van der Waals surface area contributed by atoms with Crippen LogP contribution in [-0.4, -0.2) is 40.7 Å². The number of thiophene rings is 1. The van der Waals surface area contributed by atoms with Crippen LogP contribution in [0.2, 0.25) is 5.02 Å². The fourth-order valence-corrected chi connectivity index (χ4v) is 3.50. The molecule has 3 aromatic rings. The Hall–Kier alpha value is -2.42. The van der Waals surface area contributed by atoms with Crippen LogP contribution in [0.25, 0.3) is 10.2 Å². The van der Waals surface area contributed by atoms with Gasteiger partial charge in [-0.25, -0.2) is 9.97 Å². The van der Waals surface area contributed by atoms with E-state index in [9.17, 15) is 9.90 Å². The summed E-state index contributed by atoms with van der Waals surface area (Å²) in [5.74, 6) is 0.565. The summed E-state index contributed by atoms with van der Waals surface area (Å²) in [6.45, 7) is 1.93. The van der Waals surface area contributed by atoms with Crippen molar-refractivity contribution in [2.75, 3.05) is 24.4 Å². The van der Waals surface area contributed by atoms with Crippen molar-refractivity contribution in [1.29, 1.82) is 0 Å². The number of fused-ring (bicyclic) bond motifs is 1. The molecule has 3 rings (SSSR count). The highest BCUT2D eigenvalue weighted by Gasteiger charge is 2.17. The van der Waals surface area contributed by atoms with Crippen LogP contribution < -0.4 is 15.4 Å². The van der Waals surface area contributed by atoms with E-state index >= 15 is 0 Å². The minimum absolute atomic E-state index is 0.0244. The zero-order chi connectivity index (χ0) is 19.4. The number of methoxy groups -OCH3 is 1. The Bertz CT molecular complexity index is 959. The third kappa shape index (κ3) is 4.29. The van der Waals surface area contributed by atoms with Gasteiger partial charge in [0.2, 0.25) is 5.95 Å². The summed E-state index contributed by atoms with van der Waals surface area (Å²) in [6.07, 6.45) is 2.39. The molecule has 9 heteroatoms. The first-order chi connectivity index (χ1) is 13.0. The lowest BCUT2D eigenvalue weighted by atomic mass is 10.2. The van der Waals surface area contributed by atoms with Gasteiger partial charge in [0.05, 0.1) is 47.4 Å². The molecule has 0 aliphatic rings. The smallest absolute Gasteiger partial charge is 0.258 e. The fourth-order valence-electron chi connectivity index (χ4n) is 2.49. The van der Waals surface area contributed by atoms with Crippen molar-refractivity contribution in [3.8, 4) is 5.75 Å². The first-order valence-corrected chi connectivity index (χ1v) is 9.58. The van der Waals surface area contributed by atoms with Gasteiger partial charge in [0.1, 0.15) is 5.75 Å². The molecule has 27 heavy (non-hydrogen) atoms. The number of anilines is 2. The number of rotatable bonds is 7. The molecule has 0 aliphatic heterocycles. The van der Waals surface area contributed by atoms with Crippen molar-refractivity contribution in [2.24, 2.45) is 0 Å². The number of nitrogens with zero attached hydrogens (tertiary/aromatic N) is 2. The van der Waals surface area contributed by atoms with E-state index in [4.69, 9.17) is 16.3 Å². The number of hydrogen-bond donors (Lipinski definition) is 3. The van der Waals surface area contributed by atoms with Crippen molar-refractivity contribution in [3.05, 3.63) is 40.4 Å². The van der Waals surface area contributed by atoms with E-state index in [-0.39, 0.29) is 18.6 Å². The highest BCUT2D eigenvalue weighted by atomic mass is 35.5. The lowest BCUT2D eigenvalue weighted by Gasteiger charge is -2.13. The summed E-state index contributed by atoms with van der Waals surface area (Å²) in [4.78, 5) is 21.5. The zero-order valence-electron chi connectivity index (χ0n) is 14.8. The van der Waals surface area contributed by atoms with Gasteiger partial charge in [-0.3, -0.25) is 4.79 Å². The van der Waals surface area contributed by atoms with Gasteiger partial charge in [-0.15, -0.1) is 11.3 Å². The second kappa shape index (κ2) is 8.51. The van der Waals surface area contributed by atoms with Gasteiger partial charge in [-0.05, 0) is 24.6 Å². The number of hydrogen-bond acceptors (Lipinski definition) is 7. The molecule has 2 heterocycles. The van der Waals surface area contributed by atoms with E-state index in [0.29, 0.717) is 33.5 Å².